The normalized spacial score (nSPS) is 15.0. The van der Waals surface area contributed by atoms with E-state index in [1.807, 2.05) is 0 Å². The summed E-state index contributed by atoms with van der Waals surface area (Å²) in [6, 6.07) is 0. The van der Waals surface area contributed by atoms with Crippen LogP contribution in [0.1, 0.15) is 319 Å². The summed E-state index contributed by atoms with van der Waals surface area (Å²) in [6.07, 6.45) is 36.3. The molecule has 0 aliphatic carbocycles. The van der Waals surface area contributed by atoms with E-state index in [2.05, 4.69) is 55.4 Å². The number of aliphatic hydroxyl groups is 1. The number of ether oxygens (including phenoxy) is 4. The molecule has 0 spiro atoms. The van der Waals surface area contributed by atoms with Crippen molar-refractivity contribution in [3.05, 3.63) is 0 Å². The van der Waals surface area contributed by atoms with Gasteiger partial charge in [0.15, 0.2) is 12.2 Å². The molecule has 0 radical (unpaired) electrons. The minimum absolute atomic E-state index is 0.103. The van der Waals surface area contributed by atoms with Gasteiger partial charge < -0.3 is 33.8 Å². The molecule has 4 unspecified atom stereocenters. The second-order valence-corrected chi connectivity index (χ2v) is 28.2. The lowest BCUT2D eigenvalue weighted by atomic mass is 10.00. The third-order valence-electron chi connectivity index (χ3n) is 15.8. The van der Waals surface area contributed by atoms with E-state index in [1.165, 1.54) is 109 Å². The van der Waals surface area contributed by atoms with Crippen LogP contribution in [0.4, 0.5) is 0 Å². The van der Waals surface area contributed by atoms with Crippen molar-refractivity contribution in [2.75, 3.05) is 39.6 Å². The van der Waals surface area contributed by atoms with Crippen molar-refractivity contribution in [2.24, 2.45) is 23.7 Å². The number of hydrogen-bond acceptors (Lipinski definition) is 15. The van der Waals surface area contributed by atoms with Gasteiger partial charge in [0.2, 0.25) is 0 Å². The molecular weight excluding hydrogens is 1130 g/mol. The lowest BCUT2D eigenvalue weighted by Crippen LogP contribution is -2.30. The van der Waals surface area contributed by atoms with Gasteiger partial charge in [0.05, 0.1) is 26.4 Å². The standard InChI is InChI=1S/C66H128O17P2/c1-9-58(7)44-36-28-22-24-30-38-46-63(68)76-52-61(82-65(70)48-40-32-20-15-13-11-12-14-18-26-34-42-56(3)4)54-80-84(72,73)78-50-60(67)51-79-85(74,75)81-55-62(53-77-64(69)47-39-31-25-23-29-37-45-59(8)10-2)83-66(71)49-41-33-21-17-16-19-27-35-43-57(5)6/h56-62,67H,9-55H2,1-8H3,(H,72,73)(H,74,75)/t58?,59?,60-,61+,62+/m0/s1. The molecule has 0 saturated heterocycles. The number of carbonyl (C=O) groups excluding carboxylic acids is 4. The van der Waals surface area contributed by atoms with Gasteiger partial charge >= 0.3 is 39.5 Å². The zero-order valence-electron chi connectivity index (χ0n) is 55.2. The molecule has 0 bridgehead atoms. The largest absolute Gasteiger partial charge is 0.472 e. The van der Waals surface area contributed by atoms with E-state index in [-0.39, 0.29) is 25.7 Å². The molecular formula is C66H128O17P2. The minimum atomic E-state index is -4.95. The lowest BCUT2D eigenvalue weighted by Gasteiger charge is -2.21. The van der Waals surface area contributed by atoms with Gasteiger partial charge in [-0.3, -0.25) is 37.3 Å². The van der Waals surface area contributed by atoms with Crippen LogP contribution < -0.4 is 0 Å². The number of hydrogen-bond donors (Lipinski definition) is 3. The van der Waals surface area contributed by atoms with Crippen LogP contribution in [0, 0.1) is 23.7 Å². The topological polar surface area (TPSA) is 237 Å². The maximum Gasteiger partial charge on any atom is 0.472 e. The first-order valence-electron chi connectivity index (χ1n) is 34.3. The van der Waals surface area contributed by atoms with E-state index in [0.717, 1.165) is 126 Å². The number of unbranched alkanes of at least 4 members (excludes halogenated alkanes) is 27. The van der Waals surface area contributed by atoms with E-state index < -0.39 is 97.5 Å². The Bertz CT molecular complexity index is 1700. The Labute approximate surface area is 517 Å². The highest BCUT2D eigenvalue weighted by molar-refractivity contribution is 7.47. The summed E-state index contributed by atoms with van der Waals surface area (Å²) in [5.74, 6) is 0.807. The molecule has 19 heteroatoms. The number of phosphoric acid groups is 2. The summed E-state index contributed by atoms with van der Waals surface area (Å²) in [6.45, 7) is 14.0. The van der Waals surface area contributed by atoms with Gasteiger partial charge in [-0.25, -0.2) is 9.13 Å². The van der Waals surface area contributed by atoms with Crippen LogP contribution in [-0.2, 0) is 65.4 Å². The van der Waals surface area contributed by atoms with Crippen LogP contribution in [0.5, 0.6) is 0 Å². The second-order valence-electron chi connectivity index (χ2n) is 25.3. The van der Waals surface area contributed by atoms with Crippen molar-refractivity contribution < 1.29 is 80.2 Å². The number of esters is 4. The molecule has 504 valence electrons. The number of phosphoric ester groups is 2. The van der Waals surface area contributed by atoms with Crippen molar-refractivity contribution in [3.8, 4) is 0 Å². The summed E-state index contributed by atoms with van der Waals surface area (Å²) < 4.78 is 68.1. The monoisotopic (exact) mass is 1250 g/mol. The van der Waals surface area contributed by atoms with Crippen LogP contribution in [0.2, 0.25) is 0 Å². The SMILES string of the molecule is CCC(C)CCCCCCCCC(=O)OC[C@H](COP(=O)(O)OC[C@H](O)COP(=O)(O)OC[C@@H](COC(=O)CCCCCCCCC(C)CC)OC(=O)CCCCCCCCCCC(C)C)OC(=O)CCCCCCCCCCCCCC(C)C. The Morgan fingerprint density at radius 1 is 0.329 bits per heavy atom. The van der Waals surface area contributed by atoms with E-state index in [9.17, 15) is 43.2 Å². The van der Waals surface area contributed by atoms with Crippen LogP contribution in [0.3, 0.4) is 0 Å². The smallest absolute Gasteiger partial charge is 0.462 e. The predicted molar refractivity (Wildman–Crippen MR) is 340 cm³/mol. The molecule has 0 aromatic heterocycles. The maximum atomic E-state index is 13.0. The number of rotatable bonds is 63. The van der Waals surface area contributed by atoms with E-state index in [1.54, 1.807) is 0 Å². The molecule has 0 aromatic rings. The Morgan fingerprint density at radius 2 is 0.565 bits per heavy atom. The average molecular weight is 1260 g/mol. The zero-order valence-corrected chi connectivity index (χ0v) is 57.0. The van der Waals surface area contributed by atoms with E-state index in [0.29, 0.717) is 25.7 Å². The second kappa shape index (κ2) is 56.1. The molecule has 85 heavy (non-hydrogen) atoms. The Kier molecular flexibility index (Phi) is 54.8. The fourth-order valence-electron chi connectivity index (χ4n) is 9.72. The first kappa shape index (κ1) is 83.1. The molecule has 0 rings (SSSR count). The first-order valence-corrected chi connectivity index (χ1v) is 37.3. The van der Waals surface area contributed by atoms with Gasteiger partial charge in [-0.05, 0) is 49.4 Å². The maximum absolute atomic E-state index is 13.0. The lowest BCUT2D eigenvalue weighted by molar-refractivity contribution is -0.161. The summed E-state index contributed by atoms with van der Waals surface area (Å²) >= 11 is 0. The minimum Gasteiger partial charge on any atom is -0.462 e. The van der Waals surface area contributed by atoms with Crippen LogP contribution in [-0.4, -0.2) is 96.7 Å². The quantitative estimate of drug-likeness (QED) is 0.0222. The number of aliphatic hydroxyl groups excluding tert-OH is 1. The van der Waals surface area contributed by atoms with Crippen molar-refractivity contribution in [2.45, 2.75) is 337 Å². The first-order chi connectivity index (χ1) is 40.7. The molecule has 17 nitrogen and oxygen atoms in total. The molecule has 0 saturated carbocycles. The van der Waals surface area contributed by atoms with E-state index in [4.69, 9.17) is 37.0 Å². The van der Waals surface area contributed by atoms with Crippen molar-refractivity contribution in [1.29, 1.82) is 0 Å². The predicted octanol–water partition coefficient (Wildman–Crippen LogP) is 18.1. The van der Waals surface area contributed by atoms with Gasteiger partial charge in [-0.1, -0.05) is 267 Å². The van der Waals surface area contributed by atoms with E-state index >= 15 is 0 Å². The third kappa shape index (κ3) is 58.2. The Morgan fingerprint density at radius 3 is 0.835 bits per heavy atom. The Balaban J connectivity index is 5.26. The summed E-state index contributed by atoms with van der Waals surface area (Å²) in [4.78, 5) is 72.3. The fourth-order valence-corrected chi connectivity index (χ4v) is 11.3. The van der Waals surface area contributed by atoms with Gasteiger partial charge in [-0.15, -0.1) is 0 Å². The Hall–Kier alpha value is -1.94. The van der Waals surface area contributed by atoms with Crippen LogP contribution in [0.25, 0.3) is 0 Å². The van der Waals surface area contributed by atoms with Crippen LogP contribution in [0.15, 0.2) is 0 Å². The highest BCUT2D eigenvalue weighted by Gasteiger charge is 2.30. The van der Waals surface area contributed by atoms with Gasteiger partial charge in [0, 0.05) is 25.7 Å². The highest BCUT2D eigenvalue weighted by Crippen LogP contribution is 2.45. The molecule has 0 aliphatic heterocycles. The molecule has 0 aliphatic rings. The molecule has 0 heterocycles. The molecule has 7 atom stereocenters. The van der Waals surface area contributed by atoms with Gasteiger partial charge in [-0.2, -0.15) is 0 Å². The van der Waals surface area contributed by atoms with Gasteiger partial charge in [0.25, 0.3) is 0 Å². The summed E-state index contributed by atoms with van der Waals surface area (Å²) in [7, 11) is -9.89. The summed E-state index contributed by atoms with van der Waals surface area (Å²) in [5.41, 5.74) is 0. The zero-order chi connectivity index (χ0) is 63.2. The van der Waals surface area contributed by atoms with Crippen molar-refractivity contribution in [1.82, 2.24) is 0 Å². The van der Waals surface area contributed by atoms with Crippen molar-refractivity contribution in [3.63, 3.8) is 0 Å². The molecule has 0 amide bonds. The highest BCUT2D eigenvalue weighted by atomic mass is 31.2. The molecule has 0 aromatic carbocycles. The fraction of sp³-hybridized carbons (Fsp3) is 0.939. The van der Waals surface area contributed by atoms with Crippen molar-refractivity contribution >= 4 is 39.5 Å². The molecule has 3 N–H and O–H groups in total. The summed E-state index contributed by atoms with van der Waals surface area (Å²) in [5, 5.41) is 10.6. The number of carbonyl (C=O) groups is 4. The molecule has 0 fully saturated rings. The third-order valence-corrected chi connectivity index (χ3v) is 17.7. The average Bonchev–Trinajstić information content (AvgIpc) is 3.55. The van der Waals surface area contributed by atoms with Gasteiger partial charge in [0.1, 0.15) is 19.3 Å². The van der Waals surface area contributed by atoms with Crippen LogP contribution >= 0.6 is 15.6 Å².